The molecule has 0 aliphatic heterocycles. The van der Waals surface area contributed by atoms with Crippen LogP contribution < -0.4 is 4.72 Å². The average Bonchev–Trinajstić information content (AvgIpc) is 3.11. The first-order valence-electron chi connectivity index (χ1n) is 6.22. The first-order valence-corrected chi connectivity index (χ1v) is 8.58. The molecular formula is C12H12N4O4S2. The van der Waals surface area contributed by atoms with E-state index in [1.165, 1.54) is 11.3 Å². The number of hydrogen-bond acceptors (Lipinski definition) is 8. The standard InChI is InChI=1S/C12H12N4O4S2/c1-6-11(7(2)19-14-6)22(17,18)16-9-4-5-21-10(9)12-13-8(3)15-20-12/h4-5,16H,1-3H3. The van der Waals surface area contributed by atoms with Gasteiger partial charge in [0.2, 0.25) is 0 Å². The fourth-order valence-electron chi connectivity index (χ4n) is 2.00. The smallest absolute Gasteiger partial charge is 0.270 e. The Hall–Kier alpha value is -2.20. The highest BCUT2D eigenvalue weighted by Gasteiger charge is 2.26. The Morgan fingerprint density at radius 2 is 1.95 bits per heavy atom. The minimum atomic E-state index is -3.81. The van der Waals surface area contributed by atoms with Gasteiger partial charge in [0.15, 0.2) is 16.5 Å². The molecule has 0 spiro atoms. The van der Waals surface area contributed by atoms with E-state index in [0.717, 1.165) is 0 Å². The molecule has 0 fully saturated rings. The third-order valence-corrected chi connectivity index (χ3v) is 5.38. The van der Waals surface area contributed by atoms with Gasteiger partial charge >= 0.3 is 0 Å². The van der Waals surface area contributed by atoms with Gasteiger partial charge in [-0.2, -0.15) is 4.98 Å². The van der Waals surface area contributed by atoms with E-state index >= 15 is 0 Å². The second-order valence-corrected chi connectivity index (χ2v) is 7.10. The molecule has 22 heavy (non-hydrogen) atoms. The monoisotopic (exact) mass is 340 g/mol. The topological polar surface area (TPSA) is 111 Å². The van der Waals surface area contributed by atoms with E-state index in [1.54, 1.807) is 32.2 Å². The molecule has 3 aromatic rings. The van der Waals surface area contributed by atoms with Crippen molar-refractivity contribution in [2.45, 2.75) is 25.7 Å². The summed E-state index contributed by atoms with van der Waals surface area (Å²) in [6.45, 7) is 4.81. The molecule has 0 aliphatic rings. The normalized spacial score (nSPS) is 11.8. The van der Waals surface area contributed by atoms with Crippen molar-refractivity contribution in [3.05, 3.63) is 28.7 Å². The summed E-state index contributed by atoms with van der Waals surface area (Å²) in [6, 6.07) is 1.63. The SMILES string of the molecule is Cc1noc(-c2sccc2NS(=O)(=O)c2c(C)noc2C)n1. The third kappa shape index (κ3) is 2.50. The summed E-state index contributed by atoms with van der Waals surface area (Å²) in [5.74, 6) is 0.974. The third-order valence-electron chi connectivity index (χ3n) is 2.87. The number of nitrogens with zero attached hydrogens (tertiary/aromatic N) is 3. The highest BCUT2D eigenvalue weighted by molar-refractivity contribution is 7.92. The zero-order valence-electron chi connectivity index (χ0n) is 11.9. The predicted molar refractivity (Wildman–Crippen MR) is 79.1 cm³/mol. The van der Waals surface area contributed by atoms with Crippen molar-refractivity contribution < 1.29 is 17.5 Å². The van der Waals surface area contributed by atoms with Crippen LogP contribution in [0.1, 0.15) is 17.3 Å². The van der Waals surface area contributed by atoms with Crippen LogP contribution in [-0.4, -0.2) is 23.7 Å². The van der Waals surface area contributed by atoms with Crippen LogP contribution in [0.4, 0.5) is 5.69 Å². The number of hydrogen-bond donors (Lipinski definition) is 1. The van der Waals surface area contributed by atoms with Gasteiger partial charge in [-0.15, -0.1) is 11.3 Å². The molecule has 3 heterocycles. The Morgan fingerprint density at radius 3 is 2.55 bits per heavy atom. The van der Waals surface area contributed by atoms with Crippen molar-refractivity contribution in [1.29, 1.82) is 0 Å². The van der Waals surface area contributed by atoms with E-state index in [2.05, 4.69) is 20.0 Å². The molecular weight excluding hydrogens is 328 g/mol. The van der Waals surface area contributed by atoms with Crippen LogP contribution in [-0.2, 0) is 10.0 Å². The fraction of sp³-hybridized carbons (Fsp3) is 0.250. The first-order chi connectivity index (χ1) is 10.4. The van der Waals surface area contributed by atoms with Crippen molar-refractivity contribution >= 4 is 27.0 Å². The van der Waals surface area contributed by atoms with Crippen molar-refractivity contribution in [2.24, 2.45) is 0 Å². The van der Waals surface area contributed by atoms with Crippen molar-refractivity contribution in [1.82, 2.24) is 15.3 Å². The number of sulfonamides is 1. The van der Waals surface area contributed by atoms with Crippen LogP contribution in [0.2, 0.25) is 0 Å². The van der Waals surface area contributed by atoms with Gasteiger partial charge in [0.25, 0.3) is 15.9 Å². The van der Waals surface area contributed by atoms with E-state index in [1.807, 2.05) is 0 Å². The molecule has 116 valence electrons. The minimum absolute atomic E-state index is 0.0337. The molecule has 8 nitrogen and oxygen atoms in total. The predicted octanol–water partition coefficient (Wildman–Crippen LogP) is 2.51. The maximum absolute atomic E-state index is 12.5. The van der Waals surface area contributed by atoms with Crippen molar-refractivity contribution in [3.8, 4) is 10.8 Å². The Balaban J connectivity index is 1.99. The maximum atomic E-state index is 12.5. The molecule has 10 heteroatoms. The summed E-state index contributed by atoms with van der Waals surface area (Å²) >= 11 is 1.30. The molecule has 0 unspecified atom stereocenters. The Kier molecular flexibility index (Phi) is 3.49. The van der Waals surface area contributed by atoms with Gasteiger partial charge in [0, 0.05) is 0 Å². The molecule has 0 bridgehead atoms. The van der Waals surface area contributed by atoms with Gasteiger partial charge in [-0.3, -0.25) is 4.72 Å². The Labute approximate surface area is 130 Å². The van der Waals surface area contributed by atoms with Gasteiger partial charge in [0.05, 0.1) is 5.69 Å². The number of nitrogens with one attached hydrogen (secondary N) is 1. The van der Waals surface area contributed by atoms with Crippen molar-refractivity contribution in [2.75, 3.05) is 4.72 Å². The number of aryl methyl sites for hydroxylation is 3. The lowest BCUT2D eigenvalue weighted by atomic mass is 10.4. The Bertz CT molecular complexity index is 903. The van der Waals surface area contributed by atoms with E-state index < -0.39 is 10.0 Å². The molecule has 0 aromatic carbocycles. The molecule has 3 rings (SSSR count). The zero-order valence-corrected chi connectivity index (χ0v) is 13.6. The zero-order chi connectivity index (χ0) is 15.9. The summed E-state index contributed by atoms with van der Waals surface area (Å²) in [5, 5.41) is 9.11. The van der Waals surface area contributed by atoms with Crippen molar-refractivity contribution in [3.63, 3.8) is 0 Å². The largest absolute Gasteiger partial charge is 0.360 e. The lowest BCUT2D eigenvalue weighted by molar-refractivity contribution is 0.390. The molecule has 0 amide bonds. The van der Waals surface area contributed by atoms with E-state index in [0.29, 0.717) is 22.1 Å². The molecule has 0 saturated carbocycles. The molecule has 0 radical (unpaired) electrons. The van der Waals surface area contributed by atoms with Crippen LogP contribution in [0.5, 0.6) is 0 Å². The van der Waals surface area contributed by atoms with Gasteiger partial charge in [-0.1, -0.05) is 10.3 Å². The quantitative estimate of drug-likeness (QED) is 0.776. The first kappa shape index (κ1) is 14.7. The second kappa shape index (κ2) is 5.21. The molecule has 1 N–H and O–H groups in total. The molecule has 0 aliphatic carbocycles. The Morgan fingerprint density at radius 1 is 1.18 bits per heavy atom. The highest BCUT2D eigenvalue weighted by atomic mass is 32.2. The van der Waals surface area contributed by atoms with Gasteiger partial charge in [0.1, 0.15) is 10.6 Å². The van der Waals surface area contributed by atoms with Gasteiger partial charge in [-0.25, -0.2) is 8.42 Å². The van der Waals surface area contributed by atoms with Crippen LogP contribution in [0, 0.1) is 20.8 Å². The lowest BCUT2D eigenvalue weighted by Gasteiger charge is -2.06. The van der Waals surface area contributed by atoms with Crippen LogP contribution in [0.15, 0.2) is 25.4 Å². The molecule has 3 aromatic heterocycles. The molecule has 0 atom stereocenters. The second-order valence-electron chi connectivity index (χ2n) is 4.57. The number of aromatic nitrogens is 3. The number of rotatable bonds is 4. The van der Waals surface area contributed by atoms with Crippen LogP contribution in [0.3, 0.4) is 0 Å². The summed E-state index contributed by atoms with van der Waals surface area (Å²) in [4.78, 5) is 4.69. The summed E-state index contributed by atoms with van der Waals surface area (Å²) in [5.41, 5.74) is 0.670. The highest BCUT2D eigenvalue weighted by Crippen LogP contribution is 2.34. The van der Waals surface area contributed by atoms with Gasteiger partial charge in [-0.05, 0) is 32.2 Å². The van der Waals surface area contributed by atoms with Gasteiger partial charge < -0.3 is 9.05 Å². The number of anilines is 1. The summed E-state index contributed by atoms with van der Waals surface area (Å²) in [6.07, 6.45) is 0. The summed E-state index contributed by atoms with van der Waals surface area (Å²) in [7, 11) is -3.81. The van der Waals surface area contributed by atoms with E-state index in [9.17, 15) is 8.42 Å². The van der Waals surface area contributed by atoms with Crippen LogP contribution in [0.25, 0.3) is 10.8 Å². The minimum Gasteiger partial charge on any atom is -0.360 e. The maximum Gasteiger partial charge on any atom is 0.270 e. The average molecular weight is 340 g/mol. The lowest BCUT2D eigenvalue weighted by Crippen LogP contribution is -2.14. The number of thiophene rings is 1. The van der Waals surface area contributed by atoms with E-state index in [4.69, 9.17) is 9.05 Å². The van der Waals surface area contributed by atoms with Crippen LogP contribution >= 0.6 is 11.3 Å². The summed E-state index contributed by atoms with van der Waals surface area (Å²) < 4.78 is 37.5. The fourth-order valence-corrected chi connectivity index (χ4v) is 4.24. The van der Waals surface area contributed by atoms with E-state index in [-0.39, 0.29) is 16.5 Å². The molecule has 0 saturated heterocycles.